The van der Waals surface area contributed by atoms with Gasteiger partial charge in [0.05, 0.1) is 29.3 Å². The van der Waals surface area contributed by atoms with E-state index in [4.69, 9.17) is 11.5 Å². The Morgan fingerprint density at radius 3 is 2.26 bits per heavy atom. The van der Waals surface area contributed by atoms with Gasteiger partial charge in [-0.25, -0.2) is 0 Å². The van der Waals surface area contributed by atoms with Gasteiger partial charge in [-0.15, -0.1) is 0 Å². The second-order valence-electron chi connectivity index (χ2n) is 10.6. The van der Waals surface area contributed by atoms with Crippen molar-refractivity contribution in [1.82, 2.24) is 4.90 Å². The first-order chi connectivity index (χ1) is 18.3. The molecule has 2 unspecified atom stereocenters. The van der Waals surface area contributed by atoms with Crippen molar-refractivity contribution >= 4 is 28.9 Å². The van der Waals surface area contributed by atoms with Gasteiger partial charge in [-0.3, -0.25) is 19.3 Å². The second kappa shape index (κ2) is 8.67. The number of amides is 1. The van der Waals surface area contributed by atoms with E-state index in [0.29, 0.717) is 16.7 Å². The Morgan fingerprint density at radius 2 is 1.69 bits per heavy atom. The molecule has 0 bridgehead atoms. The maximum absolute atomic E-state index is 14.0. The van der Waals surface area contributed by atoms with Crippen molar-refractivity contribution in [2.24, 2.45) is 17.6 Å². The third-order valence-electron chi connectivity index (χ3n) is 8.37. The van der Waals surface area contributed by atoms with E-state index in [2.05, 4.69) is 0 Å². The Morgan fingerprint density at radius 1 is 1.08 bits per heavy atom. The molecule has 1 fully saturated rings. The topological polar surface area (TPSA) is 208 Å². The molecule has 39 heavy (non-hydrogen) atoms. The number of nitrogen functional groups attached to an aromatic ring is 1. The Hall–Kier alpha value is -4.19. The van der Waals surface area contributed by atoms with Crippen LogP contribution in [0, 0.1) is 11.8 Å². The molecule has 0 heterocycles. The monoisotopic (exact) mass is 535 g/mol. The summed E-state index contributed by atoms with van der Waals surface area (Å²) in [6, 6.07) is 9.20. The van der Waals surface area contributed by atoms with E-state index in [-0.39, 0.29) is 11.3 Å². The Kier molecular flexibility index (Phi) is 5.87. The molecule has 2 aromatic rings. The summed E-state index contributed by atoms with van der Waals surface area (Å²) in [6.07, 6.45) is -1.67. The standard InChI is InChI=1S/C28H29N3O8/c1-10-12-9-13(11-7-5-4-6-8-11)19(29)23(34)15(12)21(32)16-14(10)22(33)18-20(31(2)3)24(35)17(27(30)38)26(37)28(18,39)25(16)36/h4-10,14,18,20,22,32-34,37,39H,29H2,1-3H3,(H2,30,38)/t10-,14?,18?,20-,22-,28-/m0/s1. The van der Waals surface area contributed by atoms with Crippen LogP contribution in [-0.2, 0) is 14.4 Å². The zero-order chi connectivity index (χ0) is 28.7. The lowest BCUT2D eigenvalue weighted by Gasteiger charge is -2.53. The molecule has 5 rings (SSSR count). The van der Waals surface area contributed by atoms with E-state index >= 15 is 0 Å². The largest absolute Gasteiger partial charge is 0.508 e. The van der Waals surface area contributed by atoms with Crippen LogP contribution in [0.3, 0.4) is 0 Å². The van der Waals surface area contributed by atoms with Crippen molar-refractivity contribution in [3.8, 4) is 16.9 Å². The first-order valence-corrected chi connectivity index (χ1v) is 12.3. The number of phenols is 1. The van der Waals surface area contributed by atoms with E-state index in [0.717, 1.165) is 0 Å². The summed E-state index contributed by atoms with van der Waals surface area (Å²) in [4.78, 5) is 40.7. The van der Waals surface area contributed by atoms with Crippen LogP contribution in [0.5, 0.6) is 5.75 Å². The molecule has 3 aliphatic rings. The molecule has 1 saturated carbocycles. The smallest absolute Gasteiger partial charge is 0.255 e. The molecule has 0 aliphatic heterocycles. The molecule has 0 spiro atoms. The average molecular weight is 536 g/mol. The van der Waals surface area contributed by atoms with Crippen LogP contribution in [0.2, 0.25) is 0 Å². The van der Waals surface area contributed by atoms with Crippen LogP contribution in [-0.4, -0.2) is 79.7 Å². The Bertz CT molecular complexity index is 1510. The van der Waals surface area contributed by atoms with Gasteiger partial charge in [0.1, 0.15) is 22.8 Å². The Labute approximate surface area is 223 Å². The zero-order valence-corrected chi connectivity index (χ0v) is 21.4. The van der Waals surface area contributed by atoms with Crippen LogP contribution in [0.15, 0.2) is 53.3 Å². The highest BCUT2D eigenvalue weighted by Crippen LogP contribution is 2.57. The molecule has 11 nitrogen and oxygen atoms in total. The summed E-state index contributed by atoms with van der Waals surface area (Å²) < 4.78 is 0. The number of aromatic hydroxyl groups is 1. The number of Topliss-reactive ketones (excluding diaryl/α,β-unsaturated/α-hetero) is 2. The highest BCUT2D eigenvalue weighted by Gasteiger charge is 2.68. The summed E-state index contributed by atoms with van der Waals surface area (Å²) in [6.45, 7) is 1.67. The van der Waals surface area contributed by atoms with Crippen LogP contribution in [0.25, 0.3) is 16.9 Å². The van der Waals surface area contributed by atoms with Crippen molar-refractivity contribution in [1.29, 1.82) is 0 Å². The number of fused-ring (bicyclic) bond motifs is 3. The molecule has 0 radical (unpaired) electrons. The fraction of sp³-hybridized carbons (Fsp3) is 0.321. The number of aliphatic hydroxyl groups excluding tert-OH is 3. The number of hydrogen-bond donors (Lipinski definition) is 7. The van der Waals surface area contributed by atoms with E-state index in [1.165, 1.54) is 19.0 Å². The number of hydrogen-bond acceptors (Lipinski definition) is 10. The number of anilines is 1. The number of primary amides is 1. The van der Waals surface area contributed by atoms with Crippen LogP contribution in [0.4, 0.5) is 5.69 Å². The predicted molar refractivity (Wildman–Crippen MR) is 140 cm³/mol. The molecule has 0 saturated heterocycles. The Balaban J connectivity index is 1.81. The molecular formula is C28H29N3O8. The van der Waals surface area contributed by atoms with Crippen molar-refractivity contribution in [2.75, 3.05) is 19.8 Å². The highest BCUT2D eigenvalue weighted by atomic mass is 16.4. The number of nitrogens with zero attached hydrogens (tertiary/aromatic N) is 1. The fourth-order valence-corrected chi connectivity index (χ4v) is 6.55. The lowest BCUT2D eigenvalue weighted by molar-refractivity contribution is -0.169. The minimum Gasteiger partial charge on any atom is -0.508 e. The number of benzene rings is 2. The highest BCUT2D eigenvalue weighted by molar-refractivity contribution is 6.24. The quantitative estimate of drug-likeness (QED) is 0.167. The van der Waals surface area contributed by atoms with Crippen molar-refractivity contribution in [3.05, 3.63) is 64.4 Å². The zero-order valence-electron chi connectivity index (χ0n) is 21.4. The van der Waals surface area contributed by atoms with Gasteiger partial charge in [0.15, 0.2) is 11.4 Å². The lowest BCUT2D eigenvalue weighted by Crippen LogP contribution is -2.70. The number of ketones is 2. The van der Waals surface area contributed by atoms with Crippen molar-refractivity contribution in [2.45, 2.75) is 30.6 Å². The minimum atomic E-state index is -2.96. The first-order valence-electron chi connectivity index (χ1n) is 12.3. The number of carbonyl (C=O) groups is 3. The van der Waals surface area contributed by atoms with Gasteiger partial charge in [0.2, 0.25) is 5.78 Å². The number of carbonyl (C=O) groups excluding carboxylic acids is 3. The van der Waals surface area contributed by atoms with Gasteiger partial charge >= 0.3 is 0 Å². The number of phenolic OH excluding ortho intramolecular Hbond substituents is 1. The summed E-state index contributed by atoms with van der Waals surface area (Å²) in [7, 11) is 2.91. The van der Waals surface area contributed by atoms with E-state index in [1.54, 1.807) is 37.3 Å². The molecule has 3 aliphatic carbocycles. The predicted octanol–water partition coefficient (Wildman–Crippen LogP) is 0.745. The number of rotatable bonds is 3. The van der Waals surface area contributed by atoms with Gasteiger partial charge in [0, 0.05) is 17.1 Å². The van der Waals surface area contributed by atoms with Gasteiger partial charge in [-0.1, -0.05) is 37.3 Å². The normalized spacial score (nSPS) is 30.3. The number of aliphatic hydroxyl groups is 4. The molecule has 9 N–H and O–H groups in total. The first kappa shape index (κ1) is 26.4. The summed E-state index contributed by atoms with van der Waals surface area (Å²) in [5.41, 5.74) is 8.49. The van der Waals surface area contributed by atoms with Gasteiger partial charge in [-0.05, 0) is 37.2 Å². The minimum absolute atomic E-state index is 0.0622. The van der Waals surface area contributed by atoms with Crippen LogP contribution >= 0.6 is 0 Å². The third-order valence-corrected chi connectivity index (χ3v) is 8.37. The molecule has 0 aromatic heterocycles. The van der Waals surface area contributed by atoms with Gasteiger partial charge < -0.3 is 37.0 Å². The van der Waals surface area contributed by atoms with Gasteiger partial charge in [-0.2, -0.15) is 0 Å². The summed E-state index contributed by atoms with van der Waals surface area (Å²) in [5, 5.41) is 56.9. The molecule has 2 aromatic carbocycles. The fourth-order valence-electron chi connectivity index (χ4n) is 6.55. The van der Waals surface area contributed by atoms with Crippen LogP contribution < -0.4 is 11.5 Å². The second-order valence-corrected chi connectivity index (χ2v) is 10.6. The van der Waals surface area contributed by atoms with Gasteiger partial charge in [0.25, 0.3) is 5.91 Å². The lowest BCUT2D eigenvalue weighted by atomic mass is 9.54. The van der Waals surface area contributed by atoms with Crippen molar-refractivity contribution in [3.63, 3.8) is 0 Å². The number of nitrogens with two attached hydrogens (primary N) is 2. The third kappa shape index (κ3) is 3.30. The molecular weight excluding hydrogens is 506 g/mol. The summed E-state index contributed by atoms with van der Waals surface area (Å²) in [5.74, 6) is -9.56. The van der Waals surface area contributed by atoms with E-state index < -0.39 is 81.4 Å². The average Bonchev–Trinajstić information content (AvgIpc) is 2.88. The number of likely N-dealkylation sites (N-methyl/N-ethyl adjacent to an activating group) is 1. The molecule has 204 valence electrons. The van der Waals surface area contributed by atoms with Crippen LogP contribution in [0.1, 0.15) is 24.0 Å². The summed E-state index contributed by atoms with van der Waals surface area (Å²) >= 11 is 0. The van der Waals surface area contributed by atoms with E-state index in [9.17, 15) is 39.9 Å². The SMILES string of the molecule is C[C@H]1c2cc(-c3ccccc3)c(N)c(O)c2C(O)=C2C(=O)[C@]3(O)C(O)=C(C(N)=O)C(=O)[C@@H](N(C)C)C3[C@@H](O)C21. The van der Waals surface area contributed by atoms with E-state index in [1.807, 2.05) is 6.07 Å². The molecule has 1 amide bonds. The maximum Gasteiger partial charge on any atom is 0.255 e. The molecule has 11 heteroatoms. The molecule has 6 atom stereocenters. The van der Waals surface area contributed by atoms with Crippen molar-refractivity contribution < 1.29 is 39.9 Å². The maximum atomic E-state index is 14.0.